The van der Waals surface area contributed by atoms with Crippen molar-refractivity contribution in [1.29, 1.82) is 0 Å². The van der Waals surface area contributed by atoms with Gasteiger partial charge in [0.25, 0.3) is 5.91 Å². The van der Waals surface area contributed by atoms with Gasteiger partial charge in [0.1, 0.15) is 9.88 Å². The van der Waals surface area contributed by atoms with E-state index in [9.17, 15) is 14.4 Å². The minimum absolute atomic E-state index is 0.0561. The molecule has 0 radical (unpaired) electrons. The van der Waals surface area contributed by atoms with Crippen LogP contribution in [0.1, 0.15) is 29.4 Å². The van der Waals surface area contributed by atoms with Crippen LogP contribution in [0.15, 0.2) is 30.7 Å². The number of pyridine rings is 1. The molecule has 1 atom stereocenters. The second-order valence-corrected chi connectivity index (χ2v) is 7.26. The molecule has 1 aliphatic heterocycles. The fraction of sp³-hybridized carbons (Fsp3) is 0.389. The summed E-state index contributed by atoms with van der Waals surface area (Å²) in [6.45, 7) is 2.16. The predicted octanol–water partition coefficient (Wildman–Crippen LogP) is 1.49. The van der Waals surface area contributed by atoms with Crippen LogP contribution in [0.25, 0.3) is 10.6 Å². The maximum Gasteiger partial charge on any atom is 0.350 e. The highest BCUT2D eigenvalue weighted by Gasteiger charge is 2.25. The Balaban J connectivity index is 1.52. The molecule has 1 fully saturated rings. The molecule has 0 saturated carbocycles. The molecule has 0 spiro atoms. The molecule has 3 heterocycles. The van der Waals surface area contributed by atoms with Crippen LogP contribution in [0.4, 0.5) is 0 Å². The van der Waals surface area contributed by atoms with Crippen molar-refractivity contribution < 1.29 is 19.1 Å². The number of carbonyl (C=O) groups excluding carboxylic acids is 3. The molecular formula is C18H20N4O4S. The molecule has 1 aliphatic rings. The maximum absolute atomic E-state index is 12.3. The molecule has 2 amide bonds. The summed E-state index contributed by atoms with van der Waals surface area (Å²) in [6.07, 6.45) is 6.40. The Morgan fingerprint density at radius 2 is 2.22 bits per heavy atom. The third-order valence-corrected chi connectivity index (χ3v) is 5.15. The minimum Gasteiger partial charge on any atom is -0.451 e. The van der Waals surface area contributed by atoms with Crippen molar-refractivity contribution in [2.45, 2.75) is 25.8 Å². The number of thiazole rings is 1. The number of nitrogens with one attached hydrogen (secondary N) is 1. The van der Waals surface area contributed by atoms with Crippen LogP contribution in [0.5, 0.6) is 0 Å². The molecule has 0 aromatic carbocycles. The number of piperidine rings is 1. The SMILES string of the molecule is CC(=O)NC1CCCN(C(=O)COC(=O)c2cnc(-c3cccnc3)s2)C1. The van der Waals surface area contributed by atoms with Crippen LogP contribution in [0, 0.1) is 0 Å². The number of hydrogen-bond acceptors (Lipinski definition) is 7. The van der Waals surface area contributed by atoms with E-state index in [1.54, 1.807) is 23.4 Å². The van der Waals surface area contributed by atoms with Crippen LogP contribution < -0.4 is 5.32 Å². The second kappa shape index (κ2) is 8.72. The van der Waals surface area contributed by atoms with Crippen molar-refractivity contribution in [3.63, 3.8) is 0 Å². The lowest BCUT2D eigenvalue weighted by atomic mass is 10.1. The van der Waals surface area contributed by atoms with Gasteiger partial charge in [-0.1, -0.05) is 0 Å². The van der Waals surface area contributed by atoms with Crippen molar-refractivity contribution in [2.75, 3.05) is 19.7 Å². The molecule has 9 heteroatoms. The number of esters is 1. The van der Waals surface area contributed by atoms with Crippen molar-refractivity contribution in [3.8, 4) is 10.6 Å². The molecule has 27 heavy (non-hydrogen) atoms. The molecule has 1 saturated heterocycles. The van der Waals surface area contributed by atoms with Crippen LogP contribution >= 0.6 is 11.3 Å². The fourth-order valence-corrected chi connectivity index (χ4v) is 3.69. The van der Waals surface area contributed by atoms with Crippen molar-refractivity contribution in [1.82, 2.24) is 20.2 Å². The quantitative estimate of drug-likeness (QED) is 0.779. The first kappa shape index (κ1) is 19.0. The van der Waals surface area contributed by atoms with Gasteiger partial charge in [-0.2, -0.15) is 0 Å². The summed E-state index contributed by atoms with van der Waals surface area (Å²) in [6, 6.07) is 3.59. The molecule has 3 rings (SSSR count). The van der Waals surface area contributed by atoms with E-state index in [0.717, 1.165) is 18.4 Å². The molecule has 0 bridgehead atoms. The average Bonchev–Trinajstić information content (AvgIpc) is 3.16. The number of likely N-dealkylation sites (tertiary alicyclic amines) is 1. The number of hydrogen-bond donors (Lipinski definition) is 1. The Morgan fingerprint density at radius 1 is 1.37 bits per heavy atom. The highest BCUT2D eigenvalue weighted by molar-refractivity contribution is 7.16. The Morgan fingerprint density at radius 3 is 2.96 bits per heavy atom. The van der Waals surface area contributed by atoms with Crippen LogP contribution in [-0.2, 0) is 14.3 Å². The van der Waals surface area contributed by atoms with Crippen LogP contribution in [0.3, 0.4) is 0 Å². The predicted molar refractivity (Wildman–Crippen MR) is 99.0 cm³/mol. The molecule has 8 nitrogen and oxygen atoms in total. The molecular weight excluding hydrogens is 368 g/mol. The second-order valence-electron chi connectivity index (χ2n) is 6.23. The van der Waals surface area contributed by atoms with Gasteiger partial charge < -0.3 is 15.0 Å². The highest BCUT2D eigenvalue weighted by Crippen LogP contribution is 2.24. The summed E-state index contributed by atoms with van der Waals surface area (Å²) in [4.78, 5) is 45.8. The Bertz CT molecular complexity index is 824. The Labute approximate surface area is 160 Å². The molecule has 1 N–H and O–H groups in total. The van der Waals surface area contributed by atoms with Crippen molar-refractivity contribution in [2.24, 2.45) is 0 Å². The number of nitrogens with zero attached hydrogens (tertiary/aromatic N) is 3. The minimum atomic E-state index is -0.577. The Hall–Kier alpha value is -2.81. The van der Waals surface area contributed by atoms with Gasteiger partial charge in [0.2, 0.25) is 5.91 Å². The van der Waals surface area contributed by atoms with Gasteiger partial charge in [0, 0.05) is 44.0 Å². The standard InChI is InChI=1S/C18H20N4O4S/c1-12(23)21-14-5-3-7-22(10-14)16(24)11-26-18(25)15-9-20-17(27-15)13-4-2-6-19-8-13/h2,4,6,8-9,14H,3,5,7,10-11H2,1H3,(H,21,23). The number of aromatic nitrogens is 2. The summed E-state index contributed by atoms with van der Waals surface area (Å²) in [7, 11) is 0. The van der Waals surface area contributed by atoms with E-state index in [4.69, 9.17) is 4.74 Å². The highest BCUT2D eigenvalue weighted by atomic mass is 32.1. The van der Waals surface area contributed by atoms with Crippen LogP contribution in [0.2, 0.25) is 0 Å². The first-order valence-corrected chi connectivity index (χ1v) is 9.43. The smallest absolute Gasteiger partial charge is 0.350 e. The largest absolute Gasteiger partial charge is 0.451 e. The number of carbonyl (C=O) groups is 3. The zero-order chi connectivity index (χ0) is 19.2. The van der Waals surface area contributed by atoms with E-state index >= 15 is 0 Å². The summed E-state index contributed by atoms with van der Waals surface area (Å²) in [5.41, 5.74) is 0.815. The zero-order valence-corrected chi connectivity index (χ0v) is 15.7. The number of rotatable bonds is 5. The van der Waals surface area contributed by atoms with E-state index < -0.39 is 5.97 Å². The van der Waals surface area contributed by atoms with Gasteiger partial charge in [-0.3, -0.25) is 14.6 Å². The summed E-state index contributed by atoms with van der Waals surface area (Å²) in [5, 5.41) is 3.49. The van der Waals surface area contributed by atoms with E-state index in [1.807, 2.05) is 6.07 Å². The third-order valence-electron chi connectivity index (χ3n) is 4.12. The number of amides is 2. The molecule has 0 aliphatic carbocycles. The zero-order valence-electron chi connectivity index (χ0n) is 14.9. The van der Waals surface area contributed by atoms with Gasteiger partial charge in [0.05, 0.1) is 6.20 Å². The monoisotopic (exact) mass is 388 g/mol. The summed E-state index contributed by atoms with van der Waals surface area (Å²) < 4.78 is 5.15. The van der Waals surface area contributed by atoms with Gasteiger partial charge in [-0.25, -0.2) is 9.78 Å². The van der Waals surface area contributed by atoms with Crippen molar-refractivity contribution >= 4 is 29.1 Å². The first-order valence-electron chi connectivity index (χ1n) is 8.61. The van der Waals surface area contributed by atoms with E-state index in [1.165, 1.54) is 24.5 Å². The normalized spacial score (nSPS) is 16.6. The topological polar surface area (TPSA) is 101 Å². The summed E-state index contributed by atoms with van der Waals surface area (Å²) >= 11 is 1.19. The van der Waals surface area contributed by atoms with Crippen molar-refractivity contribution in [3.05, 3.63) is 35.6 Å². The van der Waals surface area contributed by atoms with Gasteiger partial charge in [-0.05, 0) is 25.0 Å². The van der Waals surface area contributed by atoms with Gasteiger partial charge in [-0.15, -0.1) is 11.3 Å². The lowest BCUT2D eigenvalue weighted by molar-refractivity contribution is -0.136. The van der Waals surface area contributed by atoms with Gasteiger partial charge in [0.15, 0.2) is 6.61 Å². The van der Waals surface area contributed by atoms with Crippen LogP contribution in [-0.4, -0.2) is 58.4 Å². The molecule has 1 unspecified atom stereocenters. The Kier molecular flexibility index (Phi) is 6.12. The molecule has 2 aromatic rings. The fourth-order valence-electron chi connectivity index (χ4n) is 2.89. The third kappa shape index (κ3) is 5.10. The van der Waals surface area contributed by atoms with E-state index in [0.29, 0.717) is 23.0 Å². The maximum atomic E-state index is 12.3. The lowest BCUT2D eigenvalue weighted by Crippen LogP contribution is -2.50. The van der Waals surface area contributed by atoms with Gasteiger partial charge >= 0.3 is 5.97 Å². The first-order chi connectivity index (χ1) is 13.0. The molecule has 142 valence electrons. The molecule has 2 aromatic heterocycles. The average molecular weight is 388 g/mol. The van der Waals surface area contributed by atoms with E-state index in [2.05, 4.69) is 15.3 Å². The summed E-state index contributed by atoms with van der Waals surface area (Å²) in [5.74, 6) is -0.961. The lowest BCUT2D eigenvalue weighted by Gasteiger charge is -2.32. The number of ether oxygens (including phenoxy) is 1. The van der Waals surface area contributed by atoms with E-state index in [-0.39, 0.29) is 24.5 Å².